The highest BCUT2D eigenvalue weighted by Gasteiger charge is 2.69. The standard InChI is InChI=1S/C36H54O9/c1-19-10-15-36(31(41)42)17-16-34(5)20(21(36)18-19)8-9-23-33(4)13-12-24(32(2,3)22(33)11-14-35(23,34)6)44-30-27(39)25(37)26(38)28(45-30)29(40)43-7/h8,21-28,30,37-39H,1,9-18H2,2-7H3,(H,41,42)/t21-,22-,23+,24-,25-,26-,27+,28-,30+,33-,34+,35+,36-/m0/s1. The smallest absolute Gasteiger partial charge is 0.337 e. The average molecular weight is 631 g/mol. The second kappa shape index (κ2) is 10.9. The first-order valence-electron chi connectivity index (χ1n) is 17.0. The van der Waals surface area contributed by atoms with Crippen LogP contribution < -0.4 is 0 Å². The van der Waals surface area contributed by atoms with Crippen LogP contribution in [0.4, 0.5) is 0 Å². The summed E-state index contributed by atoms with van der Waals surface area (Å²) in [6.45, 7) is 16.1. The molecule has 0 spiro atoms. The van der Waals surface area contributed by atoms with E-state index in [2.05, 4.69) is 47.3 Å². The molecule has 1 heterocycles. The molecule has 1 saturated heterocycles. The summed E-state index contributed by atoms with van der Waals surface area (Å²) in [5.74, 6) is -0.729. The molecule has 5 aliphatic carbocycles. The van der Waals surface area contributed by atoms with E-state index in [1.54, 1.807) is 0 Å². The Balaban J connectivity index is 1.28. The minimum atomic E-state index is -1.62. The number of aliphatic hydroxyl groups excluding tert-OH is 3. The van der Waals surface area contributed by atoms with Crippen LogP contribution in [-0.4, -0.2) is 76.3 Å². The summed E-state index contributed by atoms with van der Waals surface area (Å²) in [6.07, 6.45) is 3.15. The molecule has 0 aromatic carbocycles. The van der Waals surface area contributed by atoms with Gasteiger partial charge in [-0.05, 0) is 97.7 Å². The number of aliphatic hydroxyl groups is 3. The second-order valence-electron chi connectivity index (χ2n) is 16.7. The van der Waals surface area contributed by atoms with E-state index < -0.39 is 48.1 Å². The fraction of sp³-hybridized carbons (Fsp3) is 0.833. The van der Waals surface area contributed by atoms with E-state index >= 15 is 0 Å². The number of allylic oxidation sites excluding steroid dienone is 3. The number of hydrogen-bond donors (Lipinski definition) is 4. The maximum atomic E-state index is 12.8. The number of esters is 1. The maximum Gasteiger partial charge on any atom is 0.337 e. The summed E-state index contributed by atoms with van der Waals surface area (Å²) < 4.78 is 16.9. The Labute approximate surface area is 267 Å². The van der Waals surface area contributed by atoms with Gasteiger partial charge in [0.25, 0.3) is 0 Å². The normalized spacial score (nSPS) is 50.6. The van der Waals surface area contributed by atoms with Gasteiger partial charge in [0.2, 0.25) is 0 Å². The molecule has 9 heteroatoms. The first-order valence-corrected chi connectivity index (χ1v) is 17.0. The molecule has 0 aromatic rings. The molecule has 5 fully saturated rings. The SMILES string of the molecule is C=C1CC[C@]2(C(=O)O)CC[C@]3(C)C(=CC[C@@H]4[C@@]5(C)CC[C@H](O[C@@H]6O[C@H](C(=O)OC)[C@@H](O)[C@H](O)[C@H]6O)C(C)(C)[C@@H]5CC[C@]43C)[C@@H]2C1. The number of carboxylic acids is 1. The van der Waals surface area contributed by atoms with Crippen molar-refractivity contribution >= 4 is 11.9 Å². The minimum Gasteiger partial charge on any atom is -0.481 e. The predicted octanol–water partition coefficient (Wildman–Crippen LogP) is 4.77. The van der Waals surface area contributed by atoms with Crippen molar-refractivity contribution in [3.8, 4) is 0 Å². The zero-order valence-electron chi connectivity index (χ0n) is 27.9. The van der Waals surface area contributed by atoms with E-state index in [0.29, 0.717) is 18.3 Å². The first-order chi connectivity index (χ1) is 21.0. The third-order valence-electron chi connectivity index (χ3n) is 14.7. The highest BCUT2D eigenvalue weighted by Crippen LogP contribution is 2.75. The van der Waals surface area contributed by atoms with Crippen molar-refractivity contribution in [1.29, 1.82) is 0 Å². The zero-order chi connectivity index (χ0) is 32.9. The van der Waals surface area contributed by atoms with Gasteiger partial charge >= 0.3 is 11.9 Å². The molecule has 45 heavy (non-hydrogen) atoms. The van der Waals surface area contributed by atoms with Gasteiger partial charge in [0, 0.05) is 5.92 Å². The van der Waals surface area contributed by atoms with Crippen LogP contribution in [-0.2, 0) is 23.8 Å². The van der Waals surface area contributed by atoms with Crippen LogP contribution >= 0.6 is 0 Å². The number of carboxylic acid groups (broad SMARTS) is 1. The third kappa shape index (κ3) is 4.50. The Morgan fingerprint density at radius 2 is 1.64 bits per heavy atom. The number of carbonyl (C=O) groups is 2. The number of carbonyl (C=O) groups excluding carboxylic acids is 1. The lowest BCUT2D eigenvalue weighted by Gasteiger charge is -2.71. The Morgan fingerprint density at radius 3 is 2.31 bits per heavy atom. The van der Waals surface area contributed by atoms with Crippen LogP contribution in [0.15, 0.2) is 23.8 Å². The molecule has 252 valence electrons. The van der Waals surface area contributed by atoms with Gasteiger partial charge in [-0.3, -0.25) is 4.79 Å². The zero-order valence-corrected chi connectivity index (χ0v) is 27.9. The molecule has 0 radical (unpaired) electrons. The van der Waals surface area contributed by atoms with Crippen molar-refractivity contribution < 1.29 is 44.2 Å². The van der Waals surface area contributed by atoms with Gasteiger partial charge in [0.05, 0.1) is 18.6 Å². The molecule has 4 N–H and O–H groups in total. The molecule has 0 bridgehead atoms. The molecule has 6 rings (SSSR count). The molecule has 13 atom stereocenters. The lowest BCUT2D eigenvalue weighted by molar-refractivity contribution is -0.324. The molecule has 0 unspecified atom stereocenters. The monoisotopic (exact) mass is 630 g/mol. The lowest BCUT2D eigenvalue weighted by atomic mass is 9.34. The predicted molar refractivity (Wildman–Crippen MR) is 166 cm³/mol. The quantitative estimate of drug-likeness (QED) is 0.196. The molecule has 0 amide bonds. The van der Waals surface area contributed by atoms with Gasteiger partial charge in [0.15, 0.2) is 12.4 Å². The molecule has 4 saturated carbocycles. The van der Waals surface area contributed by atoms with Crippen LogP contribution in [0.25, 0.3) is 0 Å². The minimum absolute atomic E-state index is 0.00912. The summed E-state index contributed by atoms with van der Waals surface area (Å²) in [7, 11) is 1.18. The van der Waals surface area contributed by atoms with Gasteiger partial charge in [0.1, 0.15) is 18.3 Å². The van der Waals surface area contributed by atoms with Gasteiger partial charge in [-0.2, -0.15) is 0 Å². The Morgan fingerprint density at radius 1 is 0.933 bits per heavy atom. The Bertz CT molecular complexity index is 1270. The van der Waals surface area contributed by atoms with Gasteiger partial charge in [-0.25, -0.2) is 4.79 Å². The van der Waals surface area contributed by atoms with E-state index in [1.807, 2.05) is 0 Å². The van der Waals surface area contributed by atoms with E-state index in [1.165, 1.54) is 18.3 Å². The third-order valence-corrected chi connectivity index (χ3v) is 14.7. The van der Waals surface area contributed by atoms with Crippen molar-refractivity contribution in [3.63, 3.8) is 0 Å². The number of rotatable bonds is 4. The van der Waals surface area contributed by atoms with E-state index in [4.69, 9.17) is 14.2 Å². The number of fused-ring (bicyclic) bond motifs is 7. The molecule has 1 aliphatic heterocycles. The molecule has 0 aromatic heterocycles. The molecule has 6 aliphatic rings. The summed E-state index contributed by atoms with van der Waals surface area (Å²) in [4.78, 5) is 25.1. The maximum absolute atomic E-state index is 12.8. The second-order valence-corrected chi connectivity index (χ2v) is 16.7. The number of aliphatic carboxylic acids is 1. The van der Waals surface area contributed by atoms with Crippen LogP contribution in [0.3, 0.4) is 0 Å². The van der Waals surface area contributed by atoms with E-state index in [0.717, 1.165) is 57.8 Å². The van der Waals surface area contributed by atoms with Gasteiger partial charge in [-0.15, -0.1) is 0 Å². The molecular formula is C36H54O9. The van der Waals surface area contributed by atoms with Gasteiger partial charge < -0.3 is 34.6 Å². The highest BCUT2D eigenvalue weighted by atomic mass is 16.7. The van der Waals surface area contributed by atoms with Gasteiger partial charge in [-0.1, -0.05) is 58.4 Å². The summed E-state index contributed by atoms with van der Waals surface area (Å²) >= 11 is 0. The van der Waals surface area contributed by atoms with Crippen molar-refractivity contribution in [1.82, 2.24) is 0 Å². The largest absolute Gasteiger partial charge is 0.481 e. The summed E-state index contributed by atoms with van der Waals surface area (Å²) in [6, 6.07) is 0. The Hall–Kier alpha value is -1.78. The van der Waals surface area contributed by atoms with Crippen LogP contribution in [0.5, 0.6) is 0 Å². The highest BCUT2D eigenvalue weighted by molar-refractivity contribution is 5.77. The van der Waals surface area contributed by atoms with E-state index in [9.17, 15) is 30.0 Å². The van der Waals surface area contributed by atoms with E-state index in [-0.39, 0.29) is 33.7 Å². The summed E-state index contributed by atoms with van der Waals surface area (Å²) in [5, 5.41) is 42.2. The van der Waals surface area contributed by atoms with Crippen LogP contribution in [0, 0.1) is 44.8 Å². The fourth-order valence-electron chi connectivity index (χ4n) is 11.9. The number of ether oxygens (including phenoxy) is 3. The molecular weight excluding hydrogens is 576 g/mol. The molecule has 9 nitrogen and oxygen atoms in total. The van der Waals surface area contributed by atoms with Crippen molar-refractivity contribution in [3.05, 3.63) is 23.8 Å². The first kappa shape index (κ1) is 33.1. The van der Waals surface area contributed by atoms with Crippen molar-refractivity contribution in [2.45, 2.75) is 136 Å². The number of methoxy groups -OCH3 is 1. The lowest BCUT2D eigenvalue weighted by Crippen LogP contribution is -2.66. The topological polar surface area (TPSA) is 143 Å². The fourth-order valence-corrected chi connectivity index (χ4v) is 11.9. The summed E-state index contributed by atoms with van der Waals surface area (Å²) in [5.41, 5.74) is 1.51. The Kier molecular flexibility index (Phi) is 8.01. The number of hydrogen-bond acceptors (Lipinski definition) is 8. The van der Waals surface area contributed by atoms with Crippen molar-refractivity contribution in [2.24, 2.45) is 44.8 Å². The van der Waals surface area contributed by atoms with Crippen LogP contribution in [0.2, 0.25) is 0 Å². The average Bonchev–Trinajstić information content (AvgIpc) is 2.98. The van der Waals surface area contributed by atoms with Crippen LogP contribution in [0.1, 0.15) is 98.8 Å². The van der Waals surface area contributed by atoms with Crippen molar-refractivity contribution in [2.75, 3.05) is 7.11 Å².